The molecule has 2 nitrogen and oxygen atoms in total. The third kappa shape index (κ3) is 2.77. The van der Waals surface area contributed by atoms with Gasteiger partial charge in [0.2, 0.25) is 0 Å². The van der Waals surface area contributed by atoms with Crippen molar-refractivity contribution in [3.63, 3.8) is 0 Å². The molecular formula is C13H11BrCl2N2S. The normalized spacial score (nSPS) is 14.9. The summed E-state index contributed by atoms with van der Waals surface area (Å²) in [6.07, 6.45) is 3.17. The number of nitrogens with two attached hydrogens (primary N) is 1. The van der Waals surface area contributed by atoms with Crippen LogP contribution in [0, 0.1) is 0 Å². The van der Waals surface area contributed by atoms with E-state index in [-0.39, 0.29) is 0 Å². The van der Waals surface area contributed by atoms with E-state index in [1.54, 1.807) is 11.3 Å². The van der Waals surface area contributed by atoms with Gasteiger partial charge in [-0.2, -0.15) is 0 Å². The molecule has 100 valence electrons. The van der Waals surface area contributed by atoms with Crippen molar-refractivity contribution in [2.45, 2.75) is 25.2 Å². The van der Waals surface area contributed by atoms with Gasteiger partial charge in [-0.25, -0.2) is 4.98 Å². The average molecular weight is 378 g/mol. The summed E-state index contributed by atoms with van der Waals surface area (Å²) in [5, 5.41) is 1.80. The second kappa shape index (κ2) is 5.24. The highest BCUT2D eigenvalue weighted by Crippen LogP contribution is 2.44. The molecule has 1 heterocycles. The van der Waals surface area contributed by atoms with Crippen LogP contribution >= 0.6 is 50.5 Å². The summed E-state index contributed by atoms with van der Waals surface area (Å²) in [6.45, 7) is 0. The van der Waals surface area contributed by atoms with Gasteiger partial charge in [-0.3, -0.25) is 0 Å². The van der Waals surface area contributed by atoms with E-state index in [2.05, 4.69) is 20.9 Å². The number of nitrogens with zero attached hydrogens (tertiary/aromatic N) is 1. The van der Waals surface area contributed by atoms with Gasteiger partial charge in [0, 0.05) is 21.7 Å². The van der Waals surface area contributed by atoms with Gasteiger partial charge in [-0.1, -0.05) is 29.3 Å². The van der Waals surface area contributed by atoms with Crippen molar-refractivity contribution in [2.75, 3.05) is 5.73 Å². The zero-order chi connectivity index (χ0) is 13.6. The number of hydrogen-bond acceptors (Lipinski definition) is 3. The number of aromatic nitrogens is 1. The minimum atomic E-state index is 0.560. The number of halogens is 3. The van der Waals surface area contributed by atoms with Gasteiger partial charge in [0.1, 0.15) is 0 Å². The largest absolute Gasteiger partial charge is 0.375 e. The fourth-order valence-electron chi connectivity index (χ4n) is 2.06. The maximum Gasteiger partial charge on any atom is 0.180 e. The second-order valence-corrected chi connectivity index (χ2v) is 7.37. The third-order valence-corrected chi connectivity index (χ3v) is 5.88. The standard InChI is InChI=1S/C13H11BrCl2N2S/c14-8-4-3-7(10(15)11(8)16)5-9-12(6-1-2-6)18-13(17)19-9/h3-4,6H,1-2,5H2,(H2,17,18). The summed E-state index contributed by atoms with van der Waals surface area (Å²) in [4.78, 5) is 5.66. The van der Waals surface area contributed by atoms with E-state index in [1.165, 1.54) is 17.7 Å². The monoisotopic (exact) mass is 376 g/mol. The molecule has 1 aliphatic rings. The Hall–Kier alpha value is -0.290. The molecule has 1 aromatic heterocycles. The lowest BCUT2D eigenvalue weighted by molar-refractivity contribution is 1.01. The maximum atomic E-state index is 6.29. The molecule has 1 aliphatic carbocycles. The van der Waals surface area contributed by atoms with Crippen molar-refractivity contribution in [1.29, 1.82) is 0 Å². The summed E-state index contributed by atoms with van der Waals surface area (Å²) in [7, 11) is 0. The molecule has 2 N–H and O–H groups in total. The van der Waals surface area contributed by atoms with E-state index >= 15 is 0 Å². The fraction of sp³-hybridized carbons (Fsp3) is 0.308. The Morgan fingerprint density at radius 2 is 2.05 bits per heavy atom. The van der Waals surface area contributed by atoms with Crippen molar-refractivity contribution in [3.05, 3.63) is 42.8 Å². The number of thiazole rings is 1. The summed E-state index contributed by atoms with van der Waals surface area (Å²) in [5.74, 6) is 0.591. The van der Waals surface area contributed by atoms with E-state index in [0.29, 0.717) is 21.1 Å². The van der Waals surface area contributed by atoms with Crippen LogP contribution in [0.2, 0.25) is 10.0 Å². The summed E-state index contributed by atoms with van der Waals surface area (Å²) in [6, 6.07) is 3.91. The van der Waals surface area contributed by atoms with Crippen LogP contribution < -0.4 is 5.73 Å². The van der Waals surface area contributed by atoms with Crippen LogP contribution in [0.3, 0.4) is 0 Å². The maximum absolute atomic E-state index is 6.29. The third-order valence-electron chi connectivity index (χ3n) is 3.17. The van der Waals surface area contributed by atoms with E-state index in [9.17, 15) is 0 Å². The minimum absolute atomic E-state index is 0.560. The number of hydrogen-bond donors (Lipinski definition) is 1. The van der Waals surface area contributed by atoms with Crippen LogP contribution in [0.25, 0.3) is 0 Å². The Balaban J connectivity index is 1.95. The molecule has 0 bridgehead atoms. The molecule has 1 fully saturated rings. The summed E-state index contributed by atoms with van der Waals surface area (Å²) < 4.78 is 0.814. The fourth-order valence-corrected chi connectivity index (χ4v) is 3.86. The smallest absolute Gasteiger partial charge is 0.180 e. The van der Waals surface area contributed by atoms with Crippen LogP contribution in [0.1, 0.15) is 34.9 Å². The second-order valence-electron chi connectivity index (χ2n) is 4.65. The predicted octanol–water partition coefficient (Wildman–Crippen LogP) is 5.26. The van der Waals surface area contributed by atoms with Gasteiger partial charge < -0.3 is 5.73 Å². The quantitative estimate of drug-likeness (QED) is 0.740. The number of nitrogen functional groups attached to an aromatic ring is 1. The topological polar surface area (TPSA) is 38.9 Å². The Bertz CT molecular complexity index is 638. The Kier molecular flexibility index (Phi) is 3.78. The number of rotatable bonds is 3. The Morgan fingerprint density at radius 1 is 1.32 bits per heavy atom. The SMILES string of the molecule is Nc1nc(C2CC2)c(Cc2ccc(Br)c(Cl)c2Cl)s1. The van der Waals surface area contributed by atoms with E-state index in [4.69, 9.17) is 28.9 Å². The van der Waals surface area contributed by atoms with E-state index in [0.717, 1.165) is 22.2 Å². The first kappa shape index (κ1) is 13.7. The van der Waals surface area contributed by atoms with Gasteiger partial charge in [0.25, 0.3) is 0 Å². The Labute approximate surface area is 134 Å². The molecular weight excluding hydrogens is 367 g/mol. The van der Waals surface area contributed by atoms with Crippen LogP contribution in [0.15, 0.2) is 16.6 Å². The lowest BCUT2D eigenvalue weighted by Crippen LogP contribution is -1.93. The predicted molar refractivity (Wildman–Crippen MR) is 85.5 cm³/mol. The van der Waals surface area contributed by atoms with Gasteiger partial charge in [-0.05, 0) is 40.4 Å². The molecule has 0 saturated heterocycles. The highest BCUT2D eigenvalue weighted by molar-refractivity contribution is 9.10. The molecule has 0 atom stereocenters. The number of anilines is 1. The summed E-state index contributed by atoms with van der Waals surface area (Å²) in [5.41, 5.74) is 8.00. The molecule has 19 heavy (non-hydrogen) atoms. The van der Waals surface area contributed by atoms with Crippen LogP contribution in [-0.4, -0.2) is 4.98 Å². The lowest BCUT2D eigenvalue weighted by Gasteiger charge is -2.07. The first-order valence-corrected chi connectivity index (χ1v) is 8.30. The van der Waals surface area contributed by atoms with Gasteiger partial charge in [-0.15, -0.1) is 11.3 Å². The van der Waals surface area contributed by atoms with Crippen molar-refractivity contribution in [3.8, 4) is 0 Å². The molecule has 0 unspecified atom stereocenters. The van der Waals surface area contributed by atoms with Gasteiger partial charge in [0.05, 0.1) is 15.7 Å². The number of benzene rings is 1. The molecule has 0 aliphatic heterocycles. The van der Waals surface area contributed by atoms with Crippen molar-refractivity contribution >= 4 is 55.6 Å². The molecule has 3 rings (SSSR count). The molecule has 0 amide bonds. The van der Waals surface area contributed by atoms with E-state index < -0.39 is 0 Å². The molecule has 6 heteroatoms. The molecule has 0 radical (unpaired) electrons. The zero-order valence-electron chi connectivity index (χ0n) is 9.92. The average Bonchev–Trinajstić information content (AvgIpc) is 3.15. The van der Waals surface area contributed by atoms with Crippen molar-refractivity contribution in [1.82, 2.24) is 4.98 Å². The van der Waals surface area contributed by atoms with Gasteiger partial charge in [0.15, 0.2) is 5.13 Å². The van der Waals surface area contributed by atoms with E-state index in [1.807, 2.05) is 12.1 Å². The van der Waals surface area contributed by atoms with Crippen LogP contribution in [-0.2, 0) is 6.42 Å². The highest BCUT2D eigenvalue weighted by Gasteiger charge is 2.29. The molecule has 1 saturated carbocycles. The molecule has 2 aromatic rings. The highest BCUT2D eigenvalue weighted by atomic mass is 79.9. The first-order valence-electron chi connectivity index (χ1n) is 5.93. The minimum Gasteiger partial charge on any atom is -0.375 e. The Morgan fingerprint density at radius 3 is 2.74 bits per heavy atom. The summed E-state index contributed by atoms with van der Waals surface area (Å²) >= 11 is 17.4. The van der Waals surface area contributed by atoms with Crippen molar-refractivity contribution < 1.29 is 0 Å². The molecule has 0 spiro atoms. The van der Waals surface area contributed by atoms with Crippen molar-refractivity contribution in [2.24, 2.45) is 0 Å². The molecule has 1 aromatic carbocycles. The van der Waals surface area contributed by atoms with Crippen LogP contribution in [0.5, 0.6) is 0 Å². The van der Waals surface area contributed by atoms with Gasteiger partial charge >= 0.3 is 0 Å². The first-order chi connectivity index (χ1) is 9.06. The lowest BCUT2D eigenvalue weighted by atomic mass is 10.1. The zero-order valence-corrected chi connectivity index (χ0v) is 13.8. The van der Waals surface area contributed by atoms with Crippen LogP contribution in [0.4, 0.5) is 5.13 Å².